The summed E-state index contributed by atoms with van der Waals surface area (Å²) in [5.41, 5.74) is 0.819. The fraction of sp³-hybridized carbons (Fsp3) is 0.308. The molecule has 0 aliphatic rings. The molecule has 2 unspecified atom stereocenters. The first-order valence-electron chi connectivity index (χ1n) is 11.5. The molecule has 13 heteroatoms. The maximum Gasteiger partial charge on any atom is 0.405 e. The van der Waals surface area contributed by atoms with Gasteiger partial charge in [-0.15, -0.1) is 0 Å². The summed E-state index contributed by atoms with van der Waals surface area (Å²) < 4.78 is 66.0. The van der Waals surface area contributed by atoms with Crippen LogP contribution in [0.3, 0.4) is 0 Å². The molecule has 0 aliphatic carbocycles. The van der Waals surface area contributed by atoms with Crippen LogP contribution in [-0.4, -0.2) is 48.2 Å². The zero-order valence-corrected chi connectivity index (χ0v) is 21.4. The third-order valence-electron chi connectivity index (χ3n) is 5.25. The Morgan fingerprint density at radius 2 is 1.56 bits per heavy atom. The molecule has 210 valence electrons. The lowest BCUT2D eigenvalue weighted by molar-refractivity contribution is -0.165. The minimum Gasteiger partial charge on any atom is -0.344 e. The largest absolute Gasteiger partial charge is 0.405 e. The van der Waals surface area contributed by atoms with E-state index in [2.05, 4.69) is 10.6 Å². The van der Waals surface area contributed by atoms with Gasteiger partial charge in [-0.2, -0.15) is 22.0 Å². The Hall–Kier alpha value is -3.80. The van der Waals surface area contributed by atoms with E-state index in [4.69, 9.17) is 11.6 Å². The van der Waals surface area contributed by atoms with E-state index < -0.39 is 60.1 Å². The highest BCUT2D eigenvalue weighted by Gasteiger charge is 2.52. The highest BCUT2D eigenvalue weighted by atomic mass is 35.5. The van der Waals surface area contributed by atoms with Gasteiger partial charge < -0.3 is 16.0 Å². The summed E-state index contributed by atoms with van der Waals surface area (Å²) in [4.78, 5) is 50.0. The van der Waals surface area contributed by atoms with Crippen molar-refractivity contribution in [2.24, 2.45) is 5.92 Å². The number of ketones is 1. The molecule has 2 aromatic rings. The number of hydrogen-bond donors (Lipinski definition) is 3. The van der Waals surface area contributed by atoms with E-state index in [1.165, 1.54) is 32.1 Å². The monoisotopic (exact) mass is 573 g/mol. The molecule has 3 N–H and O–H groups in total. The molecule has 0 fully saturated rings. The van der Waals surface area contributed by atoms with Crippen molar-refractivity contribution < 1.29 is 41.1 Å². The van der Waals surface area contributed by atoms with Gasteiger partial charge in [-0.3, -0.25) is 19.2 Å². The topological polar surface area (TPSA) is 104 Å². The predicted octanol–water partition coefficient (Wildman–Crippen LogP) is 4.23. The number of carbonyl (C=O) groups is 4. The van der Waals surface area contributed by atoms with Gasteiger partial charge in [-0.1, -0.05) is 67.9 Å². The average Bonchev–Trinajstić information content (AvgIpc) is 2.87. The van der Waals surface area contributed by atoms with Crippen molar-refractivity contribution in [3.8, 4) is 0 Å². The normalized spacial score (nSPS) is 13.6. The van der Waals surface area contributed by atoms with Gasteiger partial charge in [0.25, 0.3) is 5.91 Å². The Balaban J connectivity index is 2.25. The molecule has 39 heavy (non-hydrogen) atoms. The van der Waals surface area contributed by atoms with Crippen LogP contribution in [0.2, 0.25) is 5.02 Å². The molecule has 0 aromatic heterocycles. The summed E-state index contributed by atoms with van der Waals surface area (Å²) >= 11 is 5.91. The molecule has 7 nitrogen and oxygen atoms in total. The van der Waals surface area contributed by atoms with Crippen LogP contribution in [0.25, 0.3) is 6.08 Å². The van der Waals surface area contributed by atoms with E-state index in [1.807, 2.05) is 0 Å². The minimum atomic E-state index is -4.98. The third-order valence-corrected chi connectivity index (χ3v) is 5.48. The molecule has 0 radical (unpaired) electrons. The van der Waals surface area contributed by atoms with Crippen molar-refractivity contribution in [3.63, 3.8) is 0 Å². The van der Waals surface area contributed by atoms with Gasteiger partial charge in [0.15, 0.2) is 0 Å². The Morgan fingerprint density at radius 1 is 0.923 bits per heavy atom. The smallest absolute Gasteiger partial charge is 0.344 e. The molecule has 0 bridgehead atoms. The fourth-order valence-corrected chi connectivity index (χ4v) is 3.49. The number of halogens is 6. The number of Topliss-reactive ketones (excluding diaryl/α,β-unsaturated/α-hetero) is 1. The van der Waals surface area contributed by atoms with Crippen LogP contribution in [0.15, 0.2) is 60.7 Å². The third kappa shape index (κ3) is 9.47. The number of nitrogens with one attached hydrogen (secondary N) is 3. The lowest BCUT2D eigenvalue weighted by Gasteiger charge is -2.27. The van der Waals surface area contributed by atoms with E-state index in [0.717, 1.165) is 11.4 Å². The van der Waals surface area contributed by atoms with E-state index in [0.29, 0.717) is 10.6 Å². The Labute approximate surface area is 225 Å². The van der Waals surface area contributed by atoms with Crippen LogP contribution in [0, 0.1) is 5.92 Å². The highest BCUT2D eigenvalue weighted by Crippen LogP contribution is 2.23. The highest BCUT2D eigenvalue weighted by molar-refractivity contribution is 6.30. The second-order valence-electron chi connectivity index (χ2n) is 8.71. The van der Waals surface area contributed by atoms with Crippen LogP contribution in [0.4, 0.5) is 22.0 Å². The second kappa shape index (κ2) is 13.3. The maximum absolute atomic E-state index is 14.5. The summed E-state index contributed by atoms with van der Waals surface area (Å²) in [6, 6.07) is 10.8. The second-order valence-corrected chi connectivity index (χ2v) is 9.14. The van der Waals surface area contributed by atoms with Crippen LogP contribution in [0.1, 0.15) is 31.0 Å². The van der Waals surface area contributed by atoms with Gasteiger partial charge in [0.1, 0.15) is 12.6 Å². The van der Waals surface area contributed by atoms with Gasteiger partial charge in [0.05, 0.1) is 6.04 Å². The minimum absolute atomic E-state index is 0.240. The maximum atomic E-state index is 14.5. The quantitative estimate of drug-likeness (QED) is 0.213. The van der Waals surface area contributed by atoms with Crippen LogP contribution >= 0.6 is 11.6 Å². The summed E-state index contributed by atoms with van der Waals surface area (Å²) in [6.07, 6.45) is -2.45. The van der Waals surface area contributed by atoms with Gasteiger partial charge in [-0.25, -0.2) is 0 Å². The Kier molecular flexibility index (Phi) is 10.7. The molecule has 0 saturated carbocycles. The van der Waals surface area contributed by atoms with Crippen molar-refractivity contribution in [2.75, 3.05) is 6.54 Å². The summed E-state index contributed by atoms with van der Waals surface area (Å²) in [7, 11) is 0. The van der Waals surface area contributed by atoms with Crippen LogP contribution in [0.5, 0.6) is 0 Å². The lowest BCUT2D eigenvalue weighted by atomic mass is 9.94. The zero-order valence-electron chi connectivity index (χ0n) is 20.7. The molecule has 0 aliphatic heterocycles. The SMILES string of the molecule is CC(C)C(NC(=O)C(NC(=O)/C=C/c1cccc(Cl)c1)c1ccccc1)C(=O)C(F)(F)C(=O)NCC(F)(F)F. The van der Waals surface area contributed by atoms with Gasteiger partial charge in [0.2, 0.25) is 17.6 Å². The van der Waals surface area contributed by atoms with Crippen molar-refractivity contribution >= 4 is 41.2 Å². The molecular weight excluding hydrogens is 549 g/mol. The number of rotatable bonds is 11. The lowest BCUT2D eigenvalue weighted by Crippen LogP contribution is -2.58. The molecule has 0 heterocycles. The molecule has 2 atom stereocenters. The Morgan fingerprint density at radius 3 is 2.13 bits per heavy atom. The van der Waals surface area contributed by atoms with Gasteiger partial charge >= 0.3 is 12.1 Å². The molecule has 0 saturated heterocycles. The molecule has 3 amide bonds. The fourth-order valence-electron chi connectivity index (χ4n) is 3.29. The van der Waals surface area contributed by atoms with Crippen LogP contribution < -0.4 is 16.0 Å². The number of benzene rings is 2. The van der Waals surface area contributed by atoms with E-state index in [9.17, 15) is 41.1 Å². The molecular formula is C26H25ClF5N3O4. The average molecular weight is 574 g/mol. The Bertz CT molecular complexity index is 1220. The number of amides is 3. The number of hydrogen-bond acceptors (Lipinski definition) is 4. The number of carbonyl (C=O) groups excluding carboxylic acids is 4. The van der Waals surface area contributed by atoms with Crippen LogP contribution in [-0.2, 0) is 19.2 Å². The standard InChI is InChI=1S/C26H25ClF5N3O4/c1-15(2)20(22(37)26(31,32)24(39)33-14-25(28,29)30)35-23(38)21(17-8-4-3-5-9-17)34-19(36)12-11-16-7-6-10-18(27)13-16/h3-13,15,20-21H,14H2,1-2H3,(H,33,39)(H,34,36)(H,35,38)/b12-11+. The summed E-state index contributed by atoms with van der Waals surface area (Å²) in [6.45, 7) is 0.505. The first-order chi connectivity index (χ1) is 18.1. The van der Waals surface area contributed by atoms with Gasteiger partial charge in [0, 0.05) is 11.1 Å². The van der Waals surface area contributed by atoms with Gasteiger partial charge in [-0.05, 0) is 35.3 Å². The van der Waals surface area contributed by atoms with E-state index in [-0.39, 0.29) is 5.56 Å². The van der Waals surface area contributed by atoms with E-state index in [1.54, 1.807) is 42.5 Å². The van der Waals surface area contributed by atoms with Crippen molar-refractivity contribution in [3.05, 3.63) is 76.8 Å². The first-order valence-corrected chi connectivity index (χ1v) is 11.9. The zero-order chi connectivity index (χ0) is 29.4. The molecule has 2 rings (SSSR count). The van der Waals surface area contributed by atoms with E-state index >= 15 is 0 Å². The number of alkyl halides is 5. The summed E-state index contributed by atoms with van der Waals surface area (Å²) in [5, 5.41) is 5.93. The van der Waals surface area contributed by atoms with Crippen molar-refractivity contribution in [1.82, 2.24) is 16.0 Å². The molecule has 2 aromatic carbocycles. The summed E-state index contributed by atoms with van der Waals surface area (Å²) in [5.74, 6) is -12.3. The van der Waals surface area contributed by atoms with Crippen molar-refractivity contribution in [2.45, 2.75) is 38.0 Å². The van der Waals surface area contributed by atoms with Crippen molar-refractivity contribution in [1.29, 1.82) is 0 Å². The molecule has 0 spiro atoms. The predicted molar refractivity (Wildman–Crippen MR) is 134 cm³/mol. The first kappa shape index (κ1) is 31.4.